The molecule has 4 atom stereocenters. The summed E-state index contributed by atoms with van der Waals surface area (Å²) >= 11 is 0. The molecule has 5 heterocycles. The summed E-state index contributed by atoms with van der Waals surface area (Å²) < 4.78 is 42.2. The molecule has 1 amide bonds. The van der Waals surface area contributed by atoms with Crippen LogP contribution in [0.15, 0.2) is 36.7 Å². The van der Waals surface area contributed by atoms with Gasteiger partial charge in [0.05, 0.1) is 41.3 Å². The number of rotatable bonds is 5. The minimum atomic E-state index is -4.67. The zero-order chi connectivity index (χ0) is 37.8. The number of carbonyl (C=O) groups is 4. The van der Waals surface area contributed by atoms with Crippen molar-refractivity contribution in [1.82, 2.24) is 29.6 Å². The molecule has 0 unspecified atom stereocenters. The second-order valence-electron chi connectivity index (χ2n) is 15.3. The van der Waals surface area contributed by atoms with Gasteiger partial charge in [-0.2, -0.15) is 18.3 Å². The molecule has 3 aromatic heterocycles. The van der Waals surface area contributed by atoms with Gasteiger partial charge in [-0.05, 0) is 87.1 Å². The number of halogens is 3. The number of hydrogen-bond acceptors (Lipinski definition) is 8. The number of hydrogen-bond donors (Lipinski definition) is 0. The minimum absolute atomic E-state index is 0.0215. The van der Waals surface area contributed by atoms with Crippen molar-refractivity contribution in [2.45, 2.75) is 117 Å². The lowest BCUT2D eigenvalue weighted by Gasteiger charge is -2.27. The van der Waals surface area contributed by atoms with E-state index >= 15 is 0 Å². The van der Waals surface area contributed by atoms with Gasteiger partial charge in [0.2, 0.25) is 5.91 Å². The summed E-state index contributed by atoms with van der Waals surface area (Å²) in [6.45, 7) is 6.61. The maximum Gasteiger partial charge on any atom is 0.433 e. The Labute approximate surface area is 305 Å². The lowest BCUT2D eigenvalue weighted by atomic mass is 9.87. The normalized spacial score (nSPS) is 23.9. The Bertz CT molecular complexity index is 2130. The molecule has 1 aliphatic carbocycles. The number of piperidine rings is 1. The minimum Gasteiger partial charge on any atom is -0.327 e. The second kappa shape index (κ2) is 13.9. The molecule has 2 aliphatic heterocycles. The van der Waals surface area contributed by atoms with E-state index < -0.39 is 29.1 Å². The number of ketones is 3. The predicted octanol–water partition coefficient (Wildman–Crippen LogP) is 7.00. The van der Waals surface area contributed by atoms with Crippen LogP contribution >= 0.6 is 0 Å². The number of nitrogens with zero attached hydrogens (tertiary/aromatic N) is 6. The Balaban J connectivity index is 1.29. The molecule has 13 heteroatoms. The molecule has 0 spiro atoms. The van der Waals surface area contributed by atoms with E-state index in [1.165, 1.54) is 13.0 Å². The zero-order valence-electron chi connectivity index (χ0n) is 30.4. The van der Waals surface area contributed by atoms with Gasteiger partial charge in [-0.3, -0.25) is 33.8 Å². The van der Waals surface area contributed by atoms with Crippen molar-refractivity contribution in [2.75, 3.05) is 0 Å². The Morgan fingerprint density at radius 2 is 1.79 bits per heavy atom. The van der Waals surface area contributed by atoms with Crippen LogP contribution < -0.4 is 0 Å². The lowest BCUT2D eigenvalue weighted by molar-refractivity contribution is -0.141. The molecule has 7 rings (SSSR count). The van der Waals surface area contributed by atoms with E-state index in [4.69, 9.17) is 5.10 Å². The molecule has 278 valence electrons. The van der Waals surface area contributed by atoms with Crippen LogP contribution in [0.1, 0.15) is 104 Å². The zero-order valence-corrected chi connectivity index (χ0v) is 30.4. The first-order valence-electron chi connectivity index (χ1n) is 18.4. The third-order valence-corrected chi connectivity index (χ3v) is 11.5. The van der Waals surface area contributed by atoms with Crippen molar-refractivity contribution < 1.29 is 32.3 Å². The summed E-state index contributed by atoms with van der Waals surface area (Å²) in [5.74, 6) is -0.992. The largest absolute Gasteiger partial charge is 0.433 e. The number of amides is 1. The molecule has 2 fully saturated rings. The molecular formula is C40H43F3N6O4. The Hall–Kier alpha value is -4.81. The summed E-state index contributed by atoms with van der Waals surface area (Å²) in [6.07, 6.45) is 4.12. The molecule has 1 aromatic carbocycles. The highest BCUT2D eigenvalue weighted by Crippen LogP contribution is 2.62. The van der Waals surface area contributed by atoms with Crippen molar-refractivity contribution in [1.29, 1.82) is 0 Å². The highest BCUT2D eigenvalue weighted by molar-refractivity contribution is 6.07. The molecule has 4 aromatic rings. The van der Waals surface area contributed by atoms with E-state index in [9.17, 15) is 32.3 Å². The van der Waals surface area contributed by atoms with Gasteiger partial charge in [0.15, 0.2) is 11.6 Å². The first-order valence-corrected chi connectivity index (χ1v) is 18.4. The van der Waals surface area contributed by atoms with Gasteiger partial charge >= 0.3 is 6.18 Å². The van der Waals surface area contributed by atoms with Crippen LogP contribution in [0.2, 0.25) is 0 Å². The van der Waals surface area contributed by atoms with Gasteiger partial charge in [0, 0.05) is 42.5 Å². The van der Waals surface area contributed by atoms with Crippen molar-refractivity contribution in [3.8, 4) is 11.3 Å². The molecule has 2 bridgehead atoms. The van der Waals surface area contributed by atoms with Gasteiger partial charge < -0.3 is 4.90 Å². The van der Waals surface area contributed by atoms with Crippen molar-refractivity contribution in [3.63, 3.8) is 0 Å². The highest BCUT2D eigenvalue weighted by Gasteiger charge is 2.66. The number of aryl methyl sites for hydroxylation is 3. The molecule has 0 radical (unpaired) electrons. The summed E-state index contributed by atoms with van der Waals surface area (Å²) in [5, 5.41) is 5.29. The van der Waals surface area contributed by atoms with Gasteiger partial charge in [-0.15, -0.1) is 0 Å². The number of pyridine rings is 1. The number of Topliss-reactive ketones (excluding diaryl/α,β-unsaturated/α-hetero) is 3. The van der Waals surface area contributed by atoms with Crippen molar-refractivity contribution in [2.24, 2.45) is 11.3 Å². The summed E-state index contributed by atoms with van der Waals surface area (Å²) in [5.41, 5.74) is 2.91. The molecular weight excluding hydrogens is 685 g/mol. The van der Waals surface area contributed by atoms with Gasteiger partial charge in [-0.25, -0.2) is 4.98 Å². The van der Waals surface area contributed by atoms with Crippen LogP contribution in [0.25, 0.3) is 22.2 Å². The summed E-state index contributed by atoms with van der Waals surface area (Å²) in [6, 6.07) is 4.87. The predicted molar refractivity (Wildman–Crippen MR) is 190 cm³/mol. The van der Waals surface area contributed by atoms with Crippen LogP contribution in [0, 0.1) is 25.2 Å². The van der Waals surface area contributed by atoms with Gasteiger partial charge in [0.25, 0.3) is 0 Å². The third kappa shape index (κ3) is 7.14. The van der Waals surface area contributed by atoms with E-state index in [0.29, 0.717) is 54.3 Å². The monoisotopic (exact) mass is 728 g/mol. The fourth-order valence-corrected chi connectivity index (χ4v) is 8.41. The van der Waals surface area contributed by atoms with E-state index in [0.717, 1.165) is 48.6 Å². The molecule has 0 N–H and O–H groups in total. The fraction of sp³-hybridized carbons (Fsp3) is 0.500. The van der Waals surface area contributed by atoms with E-state index in [2.05, 4.69) is 15.0 Å². The molecule has 10 nitrogen and oxygen atoms in total. The highest BCUT2D eigenvalue weighted by atomic mass is 19.4. The number of carbonyl (C=O) groups excluding carboxylic acids is 4. The molecule has 1 saturated heterocycles. The topological polar surface area (TPSA) is 128 Å². The average Bonchev–Trinajstić information content (AvgIpc) is 3.52. The van der Waals surface area contributed by atoms with Crippen LogP contribution in [-0.4, -0.2) is 65.0 Å². The van der Waals surface area contributed by atoms with E-state index in [1.54, 1.807) is 28.9 Å². The third-order valence-electron chi connectivity index (χ3n) is 11.5. The van der Waals surface area contributed by atoms with E-state index in [1.807, 2.05) is 26.0 Å². The maximum atomic E-state index is 14.5. The average molecular weight is 729 g/mol. The summed E-state index contributed by atoms with van der Waals surface area (Å²) in [7, 11) is 0. The first kappa shape index (κ1) is 36.5. The Kier molecular flexibility index (Phi) is 9.57. The van der Waals surface area contributed by atoms with Gasteiger partial charge in [-0.1, -0.05) is 25.8 Å². The number of benzene rings is 1. The standard InChI is InChI=1S/C40H43F3N6O4/c1-22-10-11-34(40(41,42)43)46-29(22)16-33(52)31-17-39-13-12-32(51)23(2)8-6-5-7-9-26-14-27(30-20-44-24(3)19-45-30)15-28-37(25(4)50)47-48(38(26)28)21-36(53)49(31)35(39)18-39/h10-11,14-15,19-20,23,31,35H,5-9,12-13,16-18,21H2,1-4H3/t23-,31+,35-,39+/m1/s1. The van der Waals surface area contributed by atoms with Gasteiger partial charge in [0.1, 0.15) is 23.7 Å². The van der Waals surface area contributed by atoms with Crippen LogP contribution in [-0.2, 0) is 39.9 Å². The van der Waals surface area contributed by atoms with Crippen LogP contribution in [0.5, 0.6) is 0 Å². The molecule has 53 heavy (non-hydrogen) atoms. The quantitative estimate of drug-likeness (QED) is 0.201. The smallest absolute Gasteiger partial charge is 0.327 e. The maximum absolute atomic E-state index is 14.5. The SMILES string of the molecule is CC(=O)c1nn2c3c(cc(-c4cnc(C)cn4)cc13)CCCCC[C@@H](C)C(=O)CC[C@@]13C[C@@H](C(=O)Cc4nc(C(F)(F)F)ccc4C)N(C(=O)C2)[C@@H]1C3. The first-order chi connectivity index (χ1) is 25.1. The van der Waals surface area contributed by atoms with Crippen molar-refractivity contribution in [3.05, 3.63) is 70.6 Å². The van der Waals surface area contributed by atoms with E-state index in [-0.39, 0.29) is 53.8 Å². The van der Waals surface area contributed by atoms with Crippen molar-refractivity contribution >= 4 is 34.2 Å². The number of aromatic nitrogens is 5. The summed E-state index contributed by atoms with van der Waals surface area (Å²) in [4.78, 5) is 69.3. The van der Waals surface area contributed by atoms with Crippen LogP contribution in [0.3, 0.4) is 0 Å². The second-order valence-corrected chi connectivity index (χ2v) is 15.3. The Morgan fingerprint density at radius 3 is 2.51 bits per heavy atom. The Morgan fingerprint density at radius 1 is 1.00 bits per heavy atom. The fourth-order valence-electron chi connectivity index (χ4n) is 8.41. The lowest BCUT2D eigenvalue weighted by Crippen LogP contribution is -2.45. The molecule has 1 saturated carbocycles. The number of alkyl halides is 3. The molecule has 3 aliphatic rings. The van der Waals surface area contributed by atoms with Crippen LogP contribution in [0.4, 0.5) is 13.2 Å².